The van der Waals surface area contributed by atoms with Crippen LogP contribution in [0.1, 0.15) is 48.7 Å². The van der Waals surface area contributed by atoms with Gasteiger partial charge >= 0.3 is 0 Å². The summed E-state index contributed by atoms with van der Waals surface area (Å²) in [6.07, 6.45) is 1.72. The van der Waals surface area contributed by atoms with Gasteiger partial charge in [0.05, 0.1) is 18.2 Å². The number of amides is 1. The van der Waals surface area contributed by atoms with Crippen molar-refractivity contribution in [2.75, 3.05) is 13.2 Å². The van der Waals surface area contributed by atoms with Crippen molar-refractivity contribution in [3.8, 4) is 5.75 Å². The van der Waals surface area contributed by atoms with Crippen LogP contribution in [0.5, 0.6) is 5.75 Å². The number of aliphatic hydroxyl groups excluding tert-OH is 1. The molecule has 5 nitrogen and oxygen atoms in total. The summed E-state index contributed by atoms with van der Waals surface area (Å²) >= 11 is 1.50. The van der Waals surface area contributed by atoms with E-state index in [1.54, 1.807) is 29.2 Å². The second-order valence-corrected chi connectivity index (χ2v) is 7.72. The summed E-state index contributed by atoms with van der Waals surface area (Å²) < 4.78 is 5.44. The van der Waals surface area contributed by atoms with E-state index in [1.807, 2.05) is 32.2 Å². The number of aryl methyl sites for hydroxylation is 1. The van der Waals surface area contributed by atoms with Gasteiger partial charge in [0.1, 0.15) is 11.5 Å². The molecule has 1 atom stereocenters. The topological polar surface area (TPSA) is 66.8 Å². The van der Waals surface area contributed by atoms with Crippen LogP contribution in [0, 0.1) is 6.92 Å². The van der Waals surface area contributed by atoms with Crippen LogP contribution in [0.25, 0.3) is 5.76 Å². The number of ether oxygens (including phenoxy) is 1. The Kier molecular flexibility index (Phi) is 6.19. The maximum atomic E-state index is 12.9. The molecule has 2 heterocycles. The standard InChI is InChI=1S/C22H25NO4S/c1-4-6-12-23-18(21-14(3)11-13-28-21)17(20(25)22(23)26)19(24)15-7-9-16(10-8-15)27-5-2/h7-11,13,18,24H,4-6,12H2,1-3H3/b19-17-. The molecule has 1 saturated heterocycles. The molecule has 1 N–H and O–H groups in total. The molecule has 1 amide bonds. The zero-order valence-electron chi connectivity index (χ0n) is 16.4. The molecule has 1 aliphatic heterocycles. The maximum Gasteiger partial charge on any atom is 0.295 e. The van der Waals surface area contributed by atoms with E-state index in [-0.39, 0.29) is 11.3 Å². The molecule has 28 heavy (non-hydrogen) atoms. The van der Waals surface area contributed by atoms with Crippen LogP contribution >= 0.6 is 11.3 Å². The first-order valence-corrected chi connectivity index (χ1v) is 10.4. The van der Waals surface area contributed by atoms with Crippen molar-refractivity contribution in [2.24, 2.45) is 0 Å². The zero-order valence-corrected chi connectivity index (χ0v) is 17.2. The van der Waals surface area contributed by atoms with Crippen LogP contribution in [0.3, 0.4) is 0 Å². The van der Waals surface area contributed by atoms with Gasteiger partial charge < -0.3 is 14.7 Å². The molecular formula is C22H25NO4S. The molecule has 148 valence electrons. The molecule has 0 aliphatic carbocycles. The molecule has 1 aromatic carbocycles. The normalized spacial score (nSPS) is 18.7. The number of aliphatic hydroxyl groups is 1. The van der Waals surface area contributed by atoms with Crippen LogP contribution in [0.15, 0.2) is 41.3 Å². The second-order valence-electron chi connectivity index (χ2n) is 6.77. The average Bonchev–Trinajstić information content (AvgIpc) is 3.22. The third kappa shape index (κ3) is 3.69. The number of thiophene rings is 1. The van der Waals surface area contributed by atoms with Crippen molar-refractivity contribution >= 4 is 28.8 Å². The molecule has 0 saturated carbocycles. The summed E-state index contributed by atoms with van der Waals surface area (Å²) in [6.45, 7) is 6.94. The molecular weight excluding hydrogens is 374 g/mol. The molecule has 1 aliphatic rings. The lowest BCUT2D eigenvalue weighted by atomic mass is 9.98. The van der Waals surface area contributed by atoms with Crippen LogP contribution in [-0.4, -0.2) is 34.8 Å². The quantitative estimate of drug-likeness (QED) is 0.417. The number of carbonyl (C=O) groups is 2. The highest BCUT2D eigenvalue weighted by Crippen LogP contribution is 2.42. The van der Waals surface area contributed by atoms with E-state index in [4.69, 9.17) is 4.74 Å². The third-order valence-electron chi connectivity index (χ3n) is 4.88. The van der Waals surface area contributed by atoms with E-state index in [2.05, 4.69) is 0 Å². The number of unbranched alkanes of at least 4 members (excludes halogenated alkanes) is 1. The number of rotatable bonds is 7. The first kappa shape index (κ1) is 20.1. The largest absolute Gasteiger partial charge is 0.507 e. The van der Waals surface area contributed by atoms with Gasteiger partial charge in [-0.25, -0.2) is 0 Å². The van der Waals surface area contributed by atoms with Crippen LogP contribution in [0.2, 0.25) is 0 Å². The summed E-state index contributed by atoms with van der Waals surface area (Å²) in [5, 5.41) is 12.9. The molecule has 0 spiro atoms. The maximum absolute atomic E-state index is 12.9. The van der Waals surface area contributed by atoms with Gasteiger partial charge in [-0.3, -0.25) is 9.59 Å². The highest BCUT2D eigenvalue weighted by molar-refractivity contribution is 7.10. The number of carbonyl (C=O) groups excluding carboxylic acids is 2. The van der Waals surface area contributed by atoms with Gasteiger partial charge in [-0.2, -0.15) is 0 Å². The summed E-state index contributed by atoms with van der Waals surface area (Å²) in [5.41, 5.74) is 1.67. The lowest BCUT2D eigenvalue weighted by molar-refractivity contribution is -0.139. The average molecular weight is 400 g/mol. The Morgan fingerprint density at radius 1 is 1.18 bits per heavy atom. The first-order chi connectivity index (χ1) is 13.5. The minimum atomic E-state index is -0.625. The van der Waals surface area contributed by atoms with Gasteiger partial charge in [0.2, 0.25) is 0 Å². The number of benzene rings is 1. The lowest BCUT2D eigenvalue weighted by Gasteiger charge is -2.24. The molecule has 0 radical (unpaired) electrons. The van der Waals surface area contributed by atoms with Crippen LogP contribution in [-0.2, 0) is 9.59 Å². The second kappa shape index (κ2) is 8.61. The third-order valence-corrected chi connectivity index (χ3v) is 5.95. The molecule has 3 rings (SSSR count). The van der Waals surface area contributed by atoms with Gasteiger partial charge in [-0.1, -0.05) is 13.3 Å². The van der Waals surface area contributed by atoms with Gasteiger partial charge in [-0.05, 0) is 61.5 Å². The Morgan fingerprint density at radius 3 is 2.46 bits per heavy atom. The number of nitrogens with zero attached hydrogens (tertiary/aromatic N) is 1. The van der Waals surface area contributed by atoms with Crippen molar-refractivity contribution in [1.82, 2.24) is 4.90 Å². The minimum absolute atomic E-state index is 0.141. The Balaban J connectivity index is 2.09. The smallest absolute Gasteiger partial charge is 0.295 e. The van der Waals surface area contributed by atoms with Crippen LogP contribution in [0.4, 0.5) is 0 Å². The molecule has 1 fully saturated rings. The summed E-state index contributed by atoms with van der Waals surface area (Å²) in [7, 11) is 0. The molecule has 2 aromatic rings. The van der Waals surface area contributed by atoms with E-state index < -0.39 is 17.7 Å². The first-order valence-electron chi connectivity index (χ1n) is 9.55. The molecule has 1 aromatic heterocycles. The minimum Gasteiger partial charge on any atom is -0.507 e. The van der Waals surface area contributed by atoms with E-state index in [9.17, 15) is 14.7 Å². The fourth-order valence-corrected chi connectivity index (χ4v) is 4.45. The number of likely N-dealkylation sites (tertiary alicyclic amines) is 1. The summed E-state index contributed by atoms with van der Waals surface area (Å²) in [4.78, 5) is 28.1. The predicted molar refractivity (Wildman–Crippen MR) is 111 cm³/mol. The van der Waals surface area contributed by atoms with Crippen molar-refractivity contribution in [2.45, 2.75) is 39.7 Å². The van der Waals surface area contributed by atoms with E-state index >= 15 is 0 Å². The van der Waals surface area contributed by atoms with Crippen molar-refractivity contribution in [3.05, 3.63) is 57.3 Å². The fraction of sp³-hybridized carbons (Fsp3) is 0.364. The lowest BCUT2D eigenvalue weighted by Crippen LogP contribution is -2.30. The predicted octanol–water partition coefficient (Wildman–Crippen LogP) is 4.68. The number of hydrogen-bond acceptors (Lipinski definition) is 5. The Morgan fingerprint density at radius 2 is 1.89 bits per heavy atom. The van der Waals surface area contributed by atoms with E-state index in [1.165, 1.54) is 11.3 Å². The monoisotopic (exact) mass is 399 g/mol. The number of ketones is 1. The molecule has 1 unspecified atom stereocenters. The SMILES string of the molecule is CCCCN1C(=O)C(=O)/C(=C(\O)c2ccc(OCC)cc2)C1c1sccc1C. The van der Waals surface area contributed by atoms with Gasteiger partial charge in [0.15, 0.2) is 0 Å². The fourth-order valence-electron chi connectivity index (χ4n) is 3.41. The highest BCUT2D eigenvalue weighted by atomic mass is 32.1. The Hall–Kier alpha value is -2.60. The van der Waals surface area contributed by atoms with Gasteiger partial charge in [-0.15, -0.1) is 11.3 Å². The number of hydrogen-bond donors (Lipinski definition) is 1. The van der Waals surface area contributed by atoms with E-state index in [0.717, 1.165) is 23.3 Å². The Labute approximate surface area is 169 Å². The summed E-state index contributed by atoms with van der Waals surface area (Å²) in [5.74, 6) is -0.620. The van der Waals surface area contributed by atoms with E-state index in [0.29, 0.717) is 24.5 Å². The highest BCUT2D eigenvalue weighted by Gasteiger charge is 2.46. The van der Waals surface area contributed by atoms with Crippen molar-refractivity contribution < 1.29 is 19.4 Å². The molecule has 0 bridgehead atoms. The number of Topliss-reactive ketones (excluding diaryl/α,β-unsaturated/α-hetero) is 1. The Bertz CT molecular complexity index is 898. The van der Waals surface area contributed by atoms with Crippen molar-refractivity contribution in [1.29, 1.82) is 0 Å². The summed E-state index contributed by atoms with van der Waals surface area (Å²) in [6, 6.07) is 8.33. The van der Waals surface area contributed by atoms with Crippen molar-refractivity contribution in [3.63, 3.8) is 0 Å². The van der Waals surface area contributed by atoms with Gasteiger partial charge in [0, 0.05) is 17.0 Å². The zero-order chi connectivity index (χ0) is 20.3. The van der Waals surface area contributed by atoms with Gasteiger partial charge in [0.25, 0.3) is 11.7 Å². The molecule has 6 heteroatoms. The van der Waals surface area contributed by atoms with Crippen LogP contribution < -0.4 is 4.74 Å².